The van der Waals surface area contributed by atoms with Crippen molar-refractivity contribution in [2.24, 2.45) is 5.92 Å². The molecule has 0 N–H and O–H groups in total. The molecular formula is C13H22. The van der Waals surface area contributed by atoms with Crippen molar-refractivity contribution < 1.29 is 0 Å². The summed E-state index contributed by atoms with van der Waals surface area (Å²) in [5, 5.41) is 0. The highest BCUT2D eigenvalue weighted by atomic mass is 14.0. The zero-order valence-electron chi connectivity index (χ0n) is 9.38. The van der Waals surface area contributed by atoms with Crippen LogP contribution >= 0.6 is 0 Å². The smallest absolute Gasteiger partial charge is 0.00164 e. The van der Waals surface area contributed by atoms with E-state index in [0.29, 0.717) is 5.92 Å². The van der Waals surface area contributed by atoms with Crippen molar-refractivity contribution in [3.63, 3.8) is 0 Å². The molecule has 0 nitrogen and oxygen atoms in total. The Morgan fingerprint density at radius 2 is 1.77 bits per heavy atom. The maximum atomic E-state index is 3.74. The van der Waals surface area contributed by atoms with Gasteiger partial charge in [-0.05, 0) is 18.4 Å². The minimum atomic E-state index is 0.427. The normalized spacial score (nSPS) is 13.1. The molecule has 0 saturated carbocycles. The highest BCUT2D eigenvalue weighted by Gasteiger charge is 1.97. The quantitative estimate of drug-likeness (QED) is 0.438. The van der Waals surface area contributed by atoms with E-state index in [9.17, 15) is 0 Å². The van der Waals surface area contributed by atoms with Gasteiger partial charge in [0, 0.05) is 0 Å². The van der Waals surface area contributed by atoms with Crippen LogP contribution in [-0.2, 0) is 0 Å². The van der Waals surface area contributed by atoms with E-state index >= 15 is 0 Å². The molecule has 0 heteroatoms. The lowest BCUT2D eigenvalue weighted by molar-refractivity contribution is 0.891. The van der Waals surface area contributed by atoms with Gasteiger partial charge in [0.1, 0.15) is 0 Å². The molecule has 0 spiro atoms. The third kappa shape index (κ3) is 7.32. The summed E-state index contributed by atoms with van der Waals surface area (Å²) in [7, 11) is 0. The van der Waals surface area contributed by atoms with Crippen LogP contribution in [0.2, 0.25) is 0 Å². The van der Waals surface area contributed by atoms with Crippen molar-refractivity contribution in [2.75, 3.05) is 0 Å². The minimum Gasteiger partial charge on any atom is -0.102 e. The van der Waals surface area contributed by atoms with E-state index < -0.39 is 0 Å². The molecule has 0 aliphatic rings. The van der Waals surface area contributed by atoms with Gasteiger partial charge in [0.15, 0.2) is 0 Å². The lowest BCUT2D eigenvalue weighted by atomic mass is 10.0. The first kappa shape index (κ1) is 14.5. The van der Waals surface area contributed by atoms with Crippen LogP contribution in [0.25, 0.3) is 0 Å². The molecule has 0 saturated heterocycles. The van der Waals surface area contributed by atoms with E-state index in [0.717, 1.165) is 0 Å². The average molecular weight is 178 g/mol. The second-order valence-electron chi connectivity index (χ2n) is 2.41. The Labute approximate surface area is 83.4 Å². The van der Waals surface area contributed by atoms with Crippen LogP contribution in [0, 0.1) is 5.92 Å². The third-order valence-electron chi connectivity index (χ3n) is 1.64. The Balaban J connectivity index is 0. The zero-order chi connectivity index (χ0) is 10.7. The first-order valence-corrected chi connectivity index (χ1v) is 4.84. The maximum Gasteiger partial charge on any atom is -0.00164 e. The van der Waals surface area contributed by atoms with Gasteiger partial charge in [0.2, 0.25) is 0 Å². The van der Waals surface area contributed by atoms with Gasteiger partial charge in [-0.2, -0.15) is 0 Å². The standard InChI is InChI=1S/C11H16.C2H6/c1-5-8-9-11(7-3)10(4)6-2;1-2/h5-10H,1-2H2,3-4H3;1-2H3/b9-8-,11-7+;. The van der Waals surface area contributed by atoms with Gasteiger partial charge in [-0.1, -0.05) is 57.7 Å². The summed E-state index contributed by atoms with van der Waals surface area (Å²) in [4.78, 5) is 0. The van der Waals surface area contributed by atoms with Gasteiger partial charge < -0.3 is 0 Å². The molecule has 0 aromatic carbocycles. The molecule has 0 fully saturated rings. The highest BCUT2D eigenvalue weighted by Crippen LogP contribution is 2.12. The number of rotatable bonds is 4. The fraction of sp³-hybridized carbons (Fsp3) is 0.385. The SMILES string of the molecule is C=C/C=C\C(=C/C)C(C)C=C.CC. The first-order valence-electron chi connectivity index (χ1n) is 4.84. The predicted octanol–water partition coefficient (Wildman–Crippen LogP) is 4.52. The lowest BCUT2D eigenvalue weighted by Crippen LogP contribution is -1.90. The van der Waals surface area contributed by atoms with Crippen LogP contribution < -0.4 is 0 Å². The van der Waals surface area contributed by atoms with Crippen LogP contribution in [0.4, 0.5) is 0 Å². The molecule has 0 aliphatic heterocycles. The Bertz CT molecular complexity index is 182. The first-order chi connectivity index (χ1) is 6.26. The summed E-state index contributed by atoms with van der Waals surface area (Å²) in [6.45, 7) is 15.5. The van der Waals surface area contributed by atoms with Crippen molar-refractivity contribution in [3.8, 4) is 0 Å². The monoisotopic (exact) mass is 178 g/mol. The fourth-order valence-corrected chi connectivity index (χ4v) is 0.826. The molecule has 0 aromatic rings. The van der Waals surface area contributed by atoms with Crippen molar-refractivity contribution in [3.05, 3.63) is 49.1 Å². The molecule has 74 valence electrons. The van der Waals surface area contributed by atoms with Crippen LogP contribution in [0.5, 0.6) is 0 Å². The van der Waals surface area contributed by atoms with E-state index in [1.807, 2.05) is 32.9 Å². The van der Waals surface area contributed by atoms with Crippen molar-refractivity contribution in [1.29, 1.82) is 0 Å². The Morgan fingerprint density at radius 1 is 1.23 bits per heavy atom. The molecule has 0 amide bonds. The second-order valence-corrected chi connectivity index (χ2v) is 2.41. The zero-order valence-corrected chi connectivity index (χ0v) is 9.38. The van der Waals surface area contributed by atoms with Crippen molar-refractivity contribution >= 4 is 0 Å². The van der Waals surface area contributed by atoms with Gasteiger partial charge in [0.25, 0.3) is 0 Å². The van der Waals surface area contributed by atoms with E-state index in [4.69, 9.17) is 0 Å². The van der Waals surface area contributed by atoms with E-state index in [-0.39, 0.29) is 0 Å². The molecule has 0 aromatic heterocycles. The van der Waals surface area contributed by atoms with Gasteiger partial charge in [-0.3, -0.25) is 0 Å². The van der Waals surface area contributed by atoms with Gasteiger partial charge in [-0.25, -0.2) is 0 Å². The Morgan fingerprint density at radius 3 is 2.08 bits per heavy atom. The summed E-state index contributed by atoms with van der Waals surface area (Å²) in [6, 6.07) is 0. The van der Waals surface area contributed by atoms with Gasteiger partial charge in [0.05, 0.1) is 0 Å². The molecule has 1 unspecified atom stereocenters. The topological polar surface area (TPSA) is 0 Å². The average Bonchev–Trinajstić information content (AvgIpc) is 2.21. The maximum absolute atomic E-state index is 3.74. The van der Waals surface area contributed by atoms with Crippen LogP contribution in [-0.4, -0.2) is 0 Å². The molecule has 13 heavy (non-hydrogen) atoms. The lowest BCUT2D eigenvalue weighted by Gasteiger charge is -2.05. The number of hydrogen-bond donors (Lipinski definition) is 0. The fourth-order valence-electron chi connectivity index (χ4n) is 0.826. The second kappa shape index (κ2) is 11.0. The number of hydrogen-bond acceptors (Lipinski definition) is 0. The van der Waals surface area contributed by atoms with E-state index in [2.05, 4.69) is 32.2 Å². The minimum absolute atomic E-state index is 0.427. The van der Waals surface area contributed by atoms with Crippen LogP contribution in [0.15, 0.2) is 49.1 Å². The van der Waals surface area contributed by atoms with Crippen LogP contribution in [0.3, 0.4) is 0 Å². The van der Waals surface area contributed by atoms with E-state index in [1.165, 1.54) is 5.57 Å². The largest absolute Gasteiger partial charge is 0.102 e. The molecule has 0 aliphatic carbocycles. The molecule has 0 rings (SSSR count). The molecular weight excluding hydrogens is 156 g/mol. The van der Waals surface area contributed by atoms with Crippen LogP contribution in [0.1, 0.15) is 27.7 Å². The molecule has 0 heterocycles. The summed E-state index contributed by atoms with van der Waals surface area (Å²) >= 11 is 0. The highest BCUT2D eigenvalue weighted by molar-refractivity contribution is 5.25. The molecule has 0 radical (unpaired) electrons. The third-order valence-corrected chi connectivity index (χ3v) is 1.64. The molecule has 0 bridgehead atoms. The van der Waals surface area contributed by atoms with Gasteiger partial charge >= 0.3 is 0 Å². The van der Waals surface area contributed by atoms with Crippen molar-refractivity contribution in [2.45, 2.75) is 27.7 Å². The summed E-state index contributed by atoms with van der Waals surface area (Å²) in [5.41, 5.74) is 1.28. The summed E-state index contributed by atoms with van der Waals surface area (Å²) < 4.78 is 0. The Kier molecular flexibility index (Phi) is 12.2. The summed E-state index contributed by atoms with van der Waals surface area (Å²) in [6.07, 6.45) is 9.79. The van der Waals surface area contributed by atoms with Crippen molar-refractivity contribution in [1.82, 2.24) is 0 Å². The number of allylic oxidation sites excluding steroid dienone is 6. The predicted molar refractivity (Wildman–Crippen MR) is 63.8 cm³/mol. The summed E-state index contributed by atoms with van der Waals surface area (Å²) in [5.74, 6) is 0.427. The molecule has 1 atom stereocenters. The Hall–Kier alpha value is -1.04. The van der Waals surface area contributed by atoms with E-state index in [1.54, 1.807) is 6.08 Å². The van der Waals surface area contributed by atoms with Gasteiger partial charge in [-0.15, -0.1) is 6.58 Å².